The Hall–Kier alpha value is -2.03. The first-order chi connectivity index (χ1) is 8.72. The Morgan fingerprint density at radius 1 is 1.28 bits per heavy atom. The number of hydrogen-bond donors (Lipinski definition) is 1. The second-order valence-corrected chi connectivity index (χ2v) is 4.63. The van der Waals surface area contributed by atoms with Crippen LogP contribution in [0.1, 0.15) is 27.2 Å². The highest BCUT2D eigenvalue weighted by atomic mass is 16.5. The quantitative estimate of drug-likeness (QED) is 0.780. The van der Waals surface area contributed by atoms with Crippen molar-refractivity contribution >= 4 is 5.97 Å². The van der Waals surface area contributed by atoms with Crippen LogP contribution in [0.15, 0.2) is 24.3 Å². The predicted molar refractivity (Wildman–Crippen MR) is 69.7 cm³/mol. The SMILES string of the molecule is COC(=O)c1[nH]c2c(c1C)CCc1ccccc1-2. The highest BCUT2D eigenvalue weighted by Crippen LogP contribution is 2.35. The lowest BCUT2D eigenvalue weighted by Crippen LogP contribution is -2.03. The minimum atomic E-state index is -0.292. The number of carbonyl (C=O) groups is 1. The van der Waals surface area contributed by atoms with Crippen molar-refractivity contribution in [2.45, 2.75) is 19.8 Å². The van der Waals surface area contributed by atoms with E-state index in [1.807, 2.05) is 13.0 Å². The largest absolute Gasteiger partial charge is 0.464 e. The van der Waals surface area contributed by atoms with Crippen molar-refractivity contribution in [3.8, 4) is 11.3 Å². The van der Waals surface area contributed by atoms with Gasteiger partial charge in [0.25, 0.3) is 0 Å². The molecule has 3 heteroatoms. The summed E-state index contributed by atoms with van der Waals surface area (Å²) in [4.78, 5) is 14.9. The van der Waals surface area contributed by atoms with Gasteiger partial charge in [0.1, 0.15) is 5.69 Å². The van der Waals surface area contributed by atoms with Gasteiger partial charge in [0, 0.05) is 11.3 Å². The third-order valence-electron chi connectivity index (χ3n) is 3.70. The summed E-state index contributed by atoms with van der Waals surface area (Å²) in [7, 11) is 1.41. The van der Waals surface area contributed by atoms with Crippen LogP contribution in [0.3, 0.4) is 0 Å². The number of nitrogens with one attached hydrogen (secondary N) is 1. The van der Waals surface area contributed by atoms with Crippen LogP contribution in [0.5, 0.6) is 0 Å². The molecule has 1 aliphatic rings. The number of fused-ring (bicyclic) bond motifs is 3. The number of esters is 1. The van der Waals surface area contributed by atoms with Crippen LogP contribution in [-0.4, -0.2) is 18.1 Å². The molecular weight excluding hydrogens is 226 g/mol. The van der Waals surface area contributed by atoms with Gasteiger partial charge in [0.2, 0.25) is 0 Å². The molecule has 1 heterocycles. The van der Waals surface area contributed by atoms with E-state index in [-0.39, 0.29) is 5.97 Å². The maximum absolute atomic E-state index is 11.7. The van der Waals surface area contributed by atoms with E-state index in [1.165, 1.54) is 23.8 Å². The van der Waals surface area contributed by atoms with Gasteiger partial charge in [-0.3, -0.25) is 0 Å². The fraction of sp³-hybridized carbons (Fsp3) is 0.267. The van der Waals surface area contributed by atoms with E-state index >= 15 is 0 Å². The van der Waals surface area contributed by atoms with Gasteiger partial charge >= 0.3 is 5.97 Å². The molecule has 3 nitrogen and oxygen atoms in total. The highest BCUT2D eigenvalue weighted by molar-refractivity contribution is 5.92. The fourth-order valence-electron chi connectivity index (χ4n) is 2.72. The molecule has 0 fully saturated rings. The molecule has 1 aliphatic carbocycles. The van der Waals surface area contributed by atoms with Crippen molar-refractivity contribution in [3.05, 3.63) is 46.6 Å². The number of rotatable bonds is 1. The van der Waals surface area contributed by atoms with Gasteiger partial charge in [-0.15, -0.1) is 0 Å². The van der Waals surface area contributed by atoms with Crippen LogP contribution in [0.25, 0.3) is 11.3 Å². The summed E-state index contributed by atoms with van der Waals surface area (Å²) in [6.45, 7) is 1.98. The predicted octanol–water partition coefficient (Wildman–Crippen LogP) is 2.88. The molecule has 0 spiro atoms. The van der Waals surface area contributed by atoms with Crippen LogP contribution in [0.2, 0.25) is 0 Å². The normalized spacial score (nSPS) is 12.8. The average molecular weight is 241 g/mol. The second-order valence-electron chi connectivity index (χ2n) is 4.63. The number of carbonyl (C=O) groups excluding carboxylic acids is 1. The van der Waals surface area contributed by atoms with Gasteiger partial charge in [-0.05, 0) is 36.5 Å². The van der Waals surface area contributed by atoms with Crippen molar-refractivity contribution < 1.29 is 9.53 Å². The molecule has 0 bridgehead atoms. The van der Waals surface area contributed by atoms with E-state index in [0.29, 0.717) is 5.69 Å². The first-order valence-electron chi connectivity index (χ1n) is 6.10. The van der Waals surface area contributed by atoms with Gasteiger partial charge in [-0.25, -0.2) is 4.79 Å². The van der Waals surface area contributed by atoms with Crippen LogP contribution in [0.4, 0.5) is 0 Å². The molecule has 18 heavy (non-hydrogen) atoms. The number of hydrogen-bond acceptors (Lipinski definition) is 2. The summed E-state index contributed by atoms with van der Waals surface area (Å²) in [6, 6.07) is 8.33. The number of ether oxygens (including phenoxy) is 1. The van der Waals surface area contributed by atoms with Crippen LogP contribution in [0, 0.1) is 6.92 Å². The van der Waals surface area contributed by atoms with Crippen LogP contribution < -0.4 is 0 Å². The number of aryl methyl sites for hydroxylation is 1. The lowest BCUT2D eigenvalue weighted by molar-refractivity contribution is 0.0594. The molecule has 0 saturated carbocycles. The third kappa shape index (κ3) is 1.47. The molecule has 0 amide bonds. The summed E-state index contributed by atoms with van der Waals surface area (Å²) in [5.74, 6) is -0.292. The van der Waals surface area contributed by atoms with Gasteiger partial charge in [0.15, 0.2) is 0 Å². The van der Waals surface area contributed by atoms with Crippen molar-refractivity contribution in [2.75, 3.05) is 7.11 Å². The number of H-pyrrole nitrogens is 1. The maximum Gasteiger partial charge on any atom is 0.354 e. The Labute approximate surface area is 106 Å². The number of benzene rings is 1. The summed E-state index contributed by atoms with van der Waals surface area (Å²) < 4.78 is 4.81. The maximum atomic E-state index is 11.7. The first kappa shape index (κ1) is 11.1. The van der Waals surface area contributed by atoms with E-state index in [4.69, 9.17) is 4.74 Å². The van der Waals surface area contributed by atoms with Crippen molar-refractivity contribution in [1.29, 1.82) is 0 Å². The zero-order chi connectivity index (χ0) is 12.7. The molecule has 0 radical (unpaired) electrons. The van der Waals surface area contributed by atoms with E-state index in [0.717, 1.165) is 24.1 Å². The van der Waals surface area contributed by atoms with Gasteiger partial charge in [-0.1, -0.05) is 24.3 Å². The molecule has 0 aliphatic heterocycles. The highest BCUT2D eigenvalue weighted by Gasteiger charge is 2.24. The molecule has 0 unspecified atom stereocenters. The molecule has 92 valence electrons. The second kappa shape index (κ2) is 4.02. The van der Waals surface area contributed by atoms with Crippen molar-refractivity contribution in [2.24, 2.45) is 0 Å². The number of methoxy groups -OCH3 is 1. The number of aromatic nitrogens is 1. The zero-order valence-corrected chi connectivity index (χ0v) is 10.5. The van der Waals surface area contributed by atoms with Gasteiger partial charge in [-0.2, -0.15) is 0 Å². The molecule has 1 N–H and O–H groups in total. The molecule has 0 saturated heterocycles. The van der Waals surface area contributed by atoms with Gasteiger partial charge < -0.3 is 9.72 Å². The third-order valence-corrected chi connectivity index (χ3v) is 3.70. The monoisotopic (exact) mass is 241 g/mol. The molecule has 0 atom stereocenters. The smallest absolute Gasteiger partial charge is 0.354 e. The van der Waals surface area contributed by atoms with E-state index in [9.17, 15) is 4.79 Å². The average Bonchev–Trinajstić information content (AvgIpc) is 2.76. The Bertz CT molecular complexity index is 625. The van der Waals surface area contributed by atoms with E-state index in [2.05, 4.69) is 23.2 Å². The zero-order valence-electron chi connectivity index (χ0n) is 10.5. The molecule has 1 aromatic heterocycles. The molecule has 3 rings (SSSR count). The van der Waals surface area contributed by atoms with Crippen LogP contribution in [-0.2, 0) is 17.6 Å². The Morgan fingerprint density at radius 2 is 2.06 bits per heavy atom. The van der Waals surface area contributed by atoms with Crippen LogP contribution >= 0.6 is 0 Å². The van der Waals surface area contributed by atoms with Crippen molar-refractivity contribution in [1.82, 2.24) is 4.98 Å². The topological polar surface area (TPSA) is 42.1 Å². The Balaban J connectivity index is 2.20. The fourth-order valence-corrected chi connectivity index (χ4v) is 2.72. The summed E-state index contributed by atoms with van der Waals surface area (Å²) in [5.41, 5.74) is 6.47. The van der Waals surface area contributed by atoms with Crippen molar-refractivity contribution in [3.63, 3.8) is 0 Å². The molecule has 2 aromatic rings. The lowest BCUT2D eigenvalue weighted by Gasteiger charge is -2.16. The standard InChI is InChI=1S/C15H15NO2/c1-9-11-8-7-10-5-3-4-6-12(10)14(11)16-13(9)15(17)18-2/h3-6,16H,7-8H2,1-2H3. The minimum Gasteiger partial charge on any atom is -0.464 e. The summed E-state index contributed by atoms with van der Waals surface area (Å²) in [6.07, 6.45) is 2.01. The minimum absolute atomic E-state index is 0.292. The number of aromatic amines is 1. The lowest BCUT2D eigenvalue weighted by atomic mass is 9.89. The van der Waals surface area contributed by atoms with Gasteiger partial charge in [0.05, 0.1) is 7.11 Å². The first-order valence-corrected chi connectivity index (χ1v) is 6.10. The molecular formula is C15H15NO2. The summed E-state index contributed by atoms with van der Waals surface area (Å²) >= 11 is 0. The summed E-state index contributed by atoms with van der Waals surface area (Å²) in [5, 5.41) is 0. The Kier molecular flexibility index (Phi) is 2.47. The van der Waals surface area contributed by atoms with E-state index in [1.54, 1.807) is 0 Å². The van der Waals surface area contributed by atoms with E-state index < -0.39 is 0 Å². The Morgan fingerprint density at radius 3 is 2.83 bits per heavy atom. The molecule has 1 aromatic carbocycles.